The Hall–Kier alpha value is -1.56. The van der Waals surface area contributed by atoms with Crippen LogP contribution in [0, 0.1) is 11.8 Å². The van der Waals surface area contributed by atoms with Gasteiger partial charge < -0.3 is 0 Å². The molecule has 0 aromatic carbocycles. The quantitative estimate of drug-likeness (QED) is 0.366. The van der Waals surface area contributed by atoms with Crippen molar-refractivity contribution in [1.29, 1.82) is 0 Å². The first-order valence-corrected chi connectivity index (χ1v) is 9.32. The fraction of sp³-hybridized carbons (Fsp3) is 0.500. The van der Waals surface area contributed by atoms with E-state index in [9.17, 15) is 0 Å². The Kier molecular flexibility index (Phi) is 8.25. The third kappa shape index (κ3) is 5.23. The molecule has 0 radical (unpaired) electrons. The summed E-state index contributed by atoms with van der Waals surface area (Å²) in [6.07, 6.45) is 14.5. The Balaban J connectivity index is 3.34. The van der Waals surface area contributed by atoms with Gasteiger partial charge in [0, 0.05) is 0 Å². The SMILES string of the molecule is C=C(C(C)=CC)C1=C(C)C(C)CC=CC(CC=CC)=C(C)C(C)C1. The minimum absolute atomic E-state index is 0.534. The average molecular weight is 325 g/mol. The summed E-state index contributed by atoms with van der Waals surface area (Å²) in [4.78, 5) is 0. The topological polar surface area (TPSA) is 0 Å². The van der Waals surface area contributed by atoms with Gasteiger partial charge in [-0.05, 0) is 88.0 Å². The third-order valence-corrected chi connectivity index (χ3v) is 5.63. The molecule has 0 fully saturated rings. The Bertz CT molecular complexity index is 602. The highest BCUT2D eigenvalue weighted by molar-refractivity contribution is 5.47. The lowest BCUT2D eigenvalue weighted by atomic mass is 9.80. The van der Waals surface area contributed by atoms with Crippen molar-refractivity contribution in [2.24, 2.45) is 11.8 Å². The van der Waals surface area contributed by atoms with Crippen LogP contribution in [0.4, 0.5) is 0 Å². The monoisotopic (exact) mass is 324 g/mol. The molecule has 0 saturated heterocycles. The van der Waals surface area contributed by atoms with Crippen LogP contribution in [-0.4, -0.2) is 0 Å². The molecule has 0 nitrogen and oxygen atoms in total. The van der Waals surface area contributed by atoms with E-state index in [1.807, 2.05) is 0 Å². The van der Waals surface area contributed by atoms with Crippen LogP contribution in [0.25, 0.3) is 0 Å². The molecule has 0 bridgehead atoms. The van der Waals surface area contributed by atoms with Gasteiger partial charge in [-0.25, -0.2) is 0 Å². The van der Waals surface area contributed by atoms with Crippen molar-refractivity contribution in [2.45, 2.75) is 67.7 Å². The Labute approximate surface area is 150 Å². The van der Waals surface area contributed by atoms with E-state index in [4.69, 9.17) is 0 Å². The molecule has 24 heavy (non-hydrogen) atoms. The molecule has 132 valence electrons. The highest BCUT2D eigenvalue weighted by Crippen LogP contribution is 2.35. The standard InChI is InChI=1S/C24H36/c1-9-11-14-23-15-12-13-18(4)22(8)24(16-19(5)20(23)6)21(7)17(3)10-2/h9-12,15,18-19H,7,13-14,16H2,1-6,8H3. The first kappa shape index (κ1) is 20.5. The molecular weight excluding hydrogens is 288 g/mol. The van der Waals surface area contributed by atoms with E-state index in [2.05, 4.69) is 85.4 Å². The van der Waals surface area contributed by atoms with Crippen LogP contribution in [0.15, 0.2) is 70.4 Å². The van der Waals surface area contributed by atoms with Crippen LogP contribution < -0.4 is 0 Å². The van der Waals surface area contributed by atoms with Crippen molar-refractivity contribution in [3.63, 3.8) is 0 Å². The van der Waals surface area contributed by atoms with Gasteiger partial charge in [-0.1, -0.05) is 62.0 Å². The summed E-state index contributed by atoms with van der Waals surface area (Å²) in [6.45, 7) is 20.1. The molecule has 0 saturated carbocycles. The van der Waals surface area contributed by atoms with Gasteiger partial charge in [0.25, 0.3) is 0 Å². The van der Waals surface area contributed by atoms with Crippen LogP contribution in [0.3, 0.4) is 0 Å². The summed E-state index contributed by atoms with van der Waals surface area (Å²) >= 11 is 0. The van der Waals surface area contributed by atoms with Gasteiger partial charge in [0.15, 0.2) is 0 Å². The largest absolute Gasteiger partial charge is 0.0913 e. The lowest BCUT2D eigenvalue weighted by molar-refractivity contribution is 0.630. The highest BCUT2D eigenvalue weighted by Gasteiger charge is 2.19. The molecule has 0 aromatic heterocycles. The molecule has 0 heteroatoms. The second-order valence-electron chi connectivity index (χ2n) is 7.24. The van der Waals surface area contributed by atoms with Gasteiger partial charge in [-0.3, -0.25) is 0 Å². The molecule has 0 heterocycles. The molecule has 2 unspecified atom stereocenters. The lowest BCUT2D eigenvalue weighted by Crippen LogP contribution is -2.09. The summed E-state index contributed by atoms with van der Waals surface area (Å²) in [5, 5.41) is 0. The maximum Gasteiger partial charge on any atom is -0.00981 e. The minimum atomic E-state index is 0.534. The Morgan fingerprint density at radius 1 is 1.17 bits per heavy atom. The number of rotatable bonds is 4. The third-order valence-electron chi connectivity index (χ3n) is 5.63. The Morgan fingerprint density at radius 3 is 2.42 bits per heavy atom. The van der Waals surface area contributed by atoms with E-state index >= 15 is 0 Å². The zero-order valence-corrected chi connectivity index (χ0v) is 16.9. The number of allylic oxidation sites excluding steroid dienone is 11. The number of hydrogen-bond donors (Lipinski definition) is 0. The summed E-state index contributed by atoms with van der Waals surface area (Å²) in [5.74, 6) is 1.10. The van der Waals surface area contributed by atoms with Crippen LogP contribution in [0.1, 0.15) is 67.7 Å². The molecular formula is C24H36. The lowest BCUT2D eigenvalue weighted by Gasteiger charge is -2.25. The first-order chi connectivity index (χ1) is 11.3. The summed E-state index contributed by atoms with van der Waals surface area (Å²) in [5.41, 5.74) is 8.47. The van der Waals surface area contributed by atoms with E-state index in [1.165, 1.54) is 33.4 Å². The van der Waals surface area contributed by atoms with Crippen LogP contribution in [0.2, 0.25) is 0 Å². The highest BCUT2D eigenvalue weighted by atomic mass is 14.2. The normalized spacial score (nSPS) is 24.0. The Morgan fingerprint density at radius 2 is 1.83 bits per heavy atom. The minimum Gasteiger partial charge on any atom is -0.0913 e. The second-order valence-corrected chi connectivity index (χ2v) is 7.24. The molecule has 1 aliphatic rings. The average Bonchev–Trinajstić information content (AvgIpc) is 2.58. The predicted molar refractivity (Wildman–Crippen MR) is 110 cm³/mol. The van der Waals surface area contributed by atoms with Crippen molar-refractivity contribution in [1.82, 2.24) is 0 Å². The molecule has 0 spiro atoms. The zero-order valence-electron chi connectivity index (χ0n) is 16.9. The maximum absolute atomic E-state index is 4.42. The molecule has 1 rings (SSSR count). The smallest absolute Gasteiger partial charge is 0.00981 e. The van der Waals surface area contributed by atoms with E-state index in [-0.39, 0.29) is 0 Å². The van der Waals surface area contributed by atoms with E-state index in [0.717, 1.165) is 19.3 Å². The summed E-state index contributed by atoms with van der Waals surface area (Å²) in [7, 11) is 0. The van der Waals surface area contributed by atoms with Crippen molar-refractivity contribution < 1.29 is 0 Å². The molecule has 0 amide bonds. The number of hydrogen-bond acceptors (Lipinski definition) is 0. The van der Waals surface area contributed by atoms with Crippen LogP contribution in [-0.2, 0) is 0 Å². The van der Waals surface area contributed by atoms with Gasteiger partial charge in [0.1, 0.15) is 0 Å². The van der Waals surface area contributed by atoms with E-state index in [0.29, 0.717) is 11.8 Å². The van der Waals surface area contributed by atoms with Crippen molar-refractivity contribution in [3.05, 3.63) is 70.4 Å². The van der Waals surface area contributed by atoms with Gasteiger partial charge in [-0.15, -0.1) is 0 Å². The second kappa shape index (κ2) is 9.67. The molecule has 2 atom stereocenters. The predicted octanol–water partition coefficient (Wildman–Crippen LogP) is 7.73. The van der Waals surface area contributed by atoms with E-state index < -0.39 is 0 Å². The van der Waals surface area contributed by atoms with Gasteiger partial charge in [0.2, 0.25) is 0 Å². The van der Waals surface area contributed by atoms with Crippen molar-refractivity contribution in [3.8, 4) is 0 Å². The fourth-order valence-corrected chi connectivity index (χ4v) is 3.20. The molecule has 1 aliphatic carbocycles. The van der Waals surface area contributed by atoms with E-state index in [1.54, 1.807) is 0 Å². The van der Waals surface area contributed by atoms with Gasteiger partial charge in [0.05, 0.1) is 0 Å². The van der Waals surface area contributed by atoms with Gasteiger partial charge >= 0.3 is 0 Å². The first-order valence-electron chi connectivity index (χ1n) is 9.32. The van der Waals surface area contributed by atoms with Gasteiger partial charge in [-0.2, -0.15) is 0 Å². The van der Waals surface area contributed by atoms with Crippen LogP contribution in [0.5, 0.6) is 0 Å². The molecule has 0 aliphatic heterocycles. The van der Waals surface area contributed by atoms with Crippen molar-refractivity contribution in [2.75, 3.05) is 0 Å². The van der Waals surface area contributed by atoms with Crippen LogP contribution >= 0.6 is 0 Å². The summed E-state index contributed by atoms with van der Waals surface area (Å²) < 4.78 is 0. The zero-order chi connectivity index (χ0) is 18.3. The summed E-state index contributed by atoms with van der Waals surface area (Å²) in [6, 6.07) is 0. The maximum atomic E-state index is 4.42. The van der Waals surface area contributed by atoms with Crippen molar-refractivity contribution >= 4 is 0 Å². The molecule has 0 aromatic rings. The fourth-order valence-electron chi connectivity index (χ4n) is 3.20. The molecule has 0 N–H and O–H groups in total.